The molecule has 1 N–H and O–H groups in total. The summed E-state index contributed by atoms with van der Waals surface area (Å²) in [5.74, 6) is 0.445. The van der Waals surface area contributed by atoms with Crippen LogP contribution in [0.5, 0.6) is 0 Å². The van der Waals surface area contributed by atoms with Crippen LogP contribution in [-0.2, 0) is 17.8 Å². The predicted octanol–water partition coefficient (Wildman–Crippen LogP) is 4.81. The maximum atomic E-state index is 12.5. The standard InChI is InChI=1S/C21H25ClN2OS/c22-18-7-5-15(6-8-18)19(13-23-21(25)16-3-1-2-4-16)24-11-9-20-17(14-24)10-12-26-20/h5-8,10,12,16,19H,1-4,9,11,13-14H2,(H,23,25). The quantitative estimate of drug-likeness (QED) is 0.797. The molecule has 0 saturated heterocycles. The maximum absolute atomic E-state index is 12.5. The molecule has 1 amide bonds. The Labute approximate surface area is 164 Å². The first-order valence-corrected chi connectivity index (χ1v) is 10.8. The number of carbonyl (C=O) groups is 1. The minimum atomic E-state index is 0.186. The zero-order valence-electron chi connectivity index (χ0n) is 14.9. The van der Waals surface area contributed by atoms with E-state index in [2.05, 4.69) is 33.8 Å². The summed E-state index contributed by atoms with van der Waals surface area (Å²) in [6.45, 7) is 2.64. The van der Waals surface area contributed by atoms with Gasteiger partial charge in [0.1, 0.15) is 0 Å². The molecule has 1 saturated carbocycles. The molecule has 138 valence electrons. The van der Waals surface area contributed by atoms with Gasteiger partial charge in [-0.05, 0) is 54.0 Å². The van der Waals surface area contributed by atoms with Crippen LogP contribution in [0, 0.1) is 5.92 Å². The van der Waals surface area contributed by atoms with Crippen molar-refractivity contribution < 1.29 is 4.79 Å². The van der Waals surface area contributed by atoms with Crippen molar-refractivity contribution in [1.29, 1.82) is 0 Å². The number of carbonyl (C=O) groups excluding carboxylic acids is 1. The van der Waals surface area contributed by atoms with E-state index in [1.165, 1.54) is 28.8 Å². The van der Waals surface area contributed by atoms with Crippen LogP contribution in [0.2, 0.25) is 5.02 Å². The minimum Gasteiger partial charge on any atom is -0.354 e. The fourth-order valence-corrected chi connectivity index (χ4v) is 5.22. The molecule has 1 unspecified atom stereocenters. The smallest absolute Gasteiger partial charge is 0.223 e. The van der Waals surface area contributed by atoms with Crippen LogP contribution in [-0.4, -0.2) is 23.9 Å². The summed E-state index contributed by atoms with van der Waals surface area (Å²) in [5, 5.41) is 6.18. The lowest BCUT2D eigenvalue weighted by molar-refractivity contribution is -0.125. The lowest BCUT2D eigenvalue weighted by Gasteiger charge is -2.35. The third-order valence-electron chi connectivity index (χ3n) is 5.73. The van der Waals surface area contributed by atoms with Crippen LogP contribution in [0.1, 0.15) is 47.7 Å². The van der Waals surface area contributed by atoms with E-state index in [1.807, 2.05) is 23.5 Å². The molecular weight excluding hydrogens is 364 g/mol. The highest BCUT2D eigenvalue weighted by Gasteiger charge is 2.28. The largest absolute Gasteiger partial charge is 0.354 e. The number of hydrogen-bond acceptors (Lipinski definition) is 3. The number of nitrogens with one attached hydrogen (secondary N) is 1. The molecule has 1 atom stereocenters. The lowest BCUT2D eigenvalue weighted by atomic mass is 10.0. The highest BCUT2D eigenvalue weighted by molar-refractivity contribution is 7.10. The molecule has 1 aliphatic heterocycles. The summed E-state index contributed by atoms with van der Waals surface area (Å²) < 4.78 is 0. The molecule has 0 bridgehead atoms. The SMILES string of the molecule is O=C(NCC(c1ccc(Cl)cc1)N1CCc2sccc2C1)C1CCCC1. The van der Waals surface area contributed by atoms with E-state index in [0.29, 0.717) is 6.54 Å². The zero-order chi connectivity index (χ0) is 17.9. The topological polar surface area (TPSA) is 32.3 Å². The van der Waals surface area contributed by atoms with Crippen molar-refractivity contribution in [2.75, 3.05) is 13.1 Å². The van der Waals surface area contributed by atoms with Gasteiger partial charge in [-0.3, -0.25) is 9.69 Å². The van der Waals surface area contributed by atoms with E-state index in [0.717, 1.165) is 37.4 Å². The van der Waals surface area contributed by atoms with E-state index in [1.54, 1.807) is 0 Å². The predicted molar refractivity (Wildman–Crippen MR) is 108 cm³/mol. The second-order valence-corrected chi connectivity index (χ2v) is 8.82. The van der Waals surface area contributed by atoms with Gasteiger partial charge in [0.15, 0.2) is 0 Å². The molecule has 4 rings (SSSR count). The van der Waals surface area contributed by atoms with Gasteiger partial charge in [-0.25, -0.2) is 0 Å². The van der Waals surface area contributed by atoms with Gasteiger partial charge in [-0.1, -0.05) is 36.6 Å². The van der Waals surface area contributed by atoms with Crippen molar-refractivity contribution in [3.63, 3.8) is 0 Å². The summed E-state index contributed by atoms with van der Waals surface area (Å²) in [7, 11) is 0. The van der Waals surface area contributed by atoms with Crippen molar-refractivity contribution in [3.8, 4) is 0 Å². The number of halogens is 1. The molecule has 3 nitrogen and oxygen atoms in total. The third kappa shape index (κ3) is 3.98. The van der Waals surface area contributed by atoms with E-state index >= 15 is 0 Å². The molecule has 2 aromatic rings. The maximum Gasteiger partial charge on any atom is 0.223 e. The van der Waals surface area contributed by atoms with Gasteiger partial charge in [0.2, 0.25) is 5.91 Å². The number of nitrogens with zero attached hydrogens (tertiary/aromatic N) is 1. The molecule has 1 fully saturated rings. The second kappa shape index (κ2) is 8.12. The van der Waals surface area contributed by atoms with Gasteiger partial charge in [-0.2, -0.15) is 0 Å². The van der Waals surface area contributed by atoms with Gasteiger partial charge in [-0.15, -0.1) is 11.3 Å². The molecule has 2 aliphatic rings. The van der Waals surface area contributed by atoms with Crippen molar-refractivity contribution in [1.82, 2.24) is 10.2 Å². The van der Waals surface area contributed by atoms with Crippen molar-refractivity contribution in [2.24, 2.45) is 5.92 Å². The Balaban J connectivity index is 1.50. The number of hydrogen-bond donors (Lipinski definition) is 1. The van der Waals surface area contributed by atoms with E-state index < -0.39 is 0 Å². The van der Waals surface area contributed by atoms with Crippen LogP contribution >= 0.6 is 22.9 Å². The van der Waals surface area contributed by atoms with E-state index in [4.69, 9.17) is 11.6 Å². The number of fused-ring (bicyclic) bond motifs is 1. The molecule has 1 aromatic carbocycles. The van der Waals surface area contributed by atoms with E-state index in [9.17, 15) is 4.79 Å². The molecular formula is C21H25ClN2OS. The van der Waals surface area contributed by atoms with E-state index in [-0.39, 0.29) is 17.9 Å². The summed E-state index contributed by atoms with van der Waals surface area (Å²) in [4.78, 5) is 16.5. The number of benzene rings is 1. The second-order valence-electron chi connectivity index (χ2n) is 7.38. The Morgan fingerprint density at radius 2 is 2.00 bits per heavy atom. The van der Waals surface area contributed by atoms with Crippen molar-refractivity contribution >= 4 is 28.8 Å². The van der Waals surface area contributed by atoms with Gasteiger partial charge in [0.05, 0.1) is 6.04 Å². The minimum absolute atomic E-state index is 0.186. The van der Waals surface area contributed by atoms with Gasteiger partial charge >= 0.3 is 0 Å². The Bertz CT molecular complexity index is 752. The fourth-order valence-electron chi connectivity index (χ4n) is 4.21. The Morgan fingerprint density at radius 1 is 1.23 bits per heavy atom. The number of amides is 1. The van der Waals surface area contributed by atoms with Crippen molar-refractivity contribution in [2.45, 2.75) is 44.7 Å². The van der Waals surface area contributed by atoms with Gasteiger partial charge in [0.25, 0.3) is 0 Å². The van der Waals surface area contributed by atoms with Crippen LogP contribution in [0.25, 0.3) is 0 Å². The number of thiophene rings is 1. The first-order valence-electron chi connectivity index (χ1n) is 9.53. The van der Waals surface area contributed by atoms with Crippen molar-refractivity contribution in [3.05, 3.63) is 56.7 Å². The lowest BCUT2D eigenvalue weighted by Crippen LogP contribution is -2.41. The molecule has 26 heavy (non-hydrogen) atoms. The third-order valence-corrected chi connectivity index (χ3v) is 7.00. The molecule has 2 heterocycles. The van der Waals surface area contributed by atoms with Crippen LogP contribution in [0.3, 0.4) is 0 Å². The Hall–Kier alpha value is -1.36. The highest BCUT2D eigenvalue weighted by Crippen LogP contribution is 2.31. The zero-order valence-corrected chi connectivity index (χ0v) is 16.5. The molecule has 0 spiro atoms. The van der Waals surface area contributed by atoms with Crippen LogP contribution in [0.15, 0.2) is 35.7 Å². The molecule has 5 heteroatoms. The first-order chi connectivity index (χ1) is 12.7. The Morgan fingerprint density at radius 3 is 2.77 bits per heavy atom. The average molecular weight is 389 g/mol. The summed E-state index contributed by atoms with van der Waals surface area (Å²) >= 11 is 7.94. The van der Waals surface area contributed by atoms with Gasteiger partial charge < -0.3 is 5.32 Å². The summed E-state index contributed by atoms with van der Waals surface area (Å²) in [5.41, 5.74) is 2.65. The molecule has 1 aliphatic carbocycles. The summed E-state index contributed by atoms with van der Waals surface area (Å²) in [6.07, 6.45) is 5.55. The molecule has 0 radical (unpaired) electrons. The normalized spacial score (nSPS) is 19.3. The average Bonchev–Trinajstić information content (AvgIpc) is 3.34. The highest BCUT2D eigenvalue weighted by atomic mass is 35.5. The van der Waals surface area contributed by atoms with Crippen LogP contribution < -0.4 is 5.32 Å². The summed E-state index contributed by atoms with van der Waals surface area (Å²) in [6, 6.07) is 10.5. The van der Waals surface area contributed by atoms with Crippen LogP contribution in [0.4, 0.5) is 0 Å². The molecule has 1 aromatic heterocycles. The van der Waals surface area contributed by atoms with Gasteiger partial charge in [0, 0.05) is 35.5 Å². The first kappa shape index (κ1) is 18.0. The Kier molecular flexibility index (Phi) is 5.63. The monoisotopic (exact) mass is 388 g/mol. The fraction of sp³-hybridized carbons (Fsp3) is 0.476. The number of rotatable bonds is 5.